The van der Waals surface area contributed by atoms with Crippen LogP contribution in [0.25, 0.3) is 22.0 Å². The highest BCUT2D eigenvalue weighted by atomic mass is 16.5. The van der Waals surface area contributed by atoms with Gasteiger partial charge in [-0.2, -0.15) is 5.10 Å². The molecular weight excluding hydrogens is 358 g/mol. The van der Waals surface area contributed by atoms with Gasteiger partial charge in [0.15, 0.2) is 5.82 Å². The van der Waals surface area contributed by atoms with E-state index >= 15 is 0 Å². The molecule has 4 N–H and O–H groups in total. The average Bonchev–Trinajstić information content (AvgIpc) is 3.12. The predicted octanol–water partition coefficient (Wildman–Crippen LogP) is 3.41. The maximum absolute atomic E-state index is 12.2. The summed E-state index contributed by atoms with van der Waals surface area (Å²) >= 11 is 0. The Morgan fingerprint density at radius 1 is 0.929 bits per heavy atom. The minimum absolute atomic E-state index is 0.0836. The van der Waals surface area contributed by atoms with E-state index in [0.717, 1.165) is 41.3 Å². The van der Waals surface area contributed by atoms with Gasteiger partial charge in [0.05, 0.1) is 5.52 Å². The van der Waals surface area contributed by atoms with Crippen molar-refractivity contribution < 1.29 is 14.8 Å². The average molecular weight is 381 g/mol. The van der Waals surface area contributed by atoms with Gasteiger partial charge in [-0.1, -0.05) is 18.9 Å². The van der Waals surface area contributed by atoms with E-state index in [0.29, 0.717) is 25.1 Å². The summed E-state index contributed by atoms with van der Waals surface area (Å²) in [7, 11) is 0. The van der Waals surface area contributed by atoms with Crippen molar-refractivity contribution in [3.63, 3.8) is 0 Å². The van der Waals surface area contributed by atoms with E-state index < -0.39 is 0 Å². The van der Waals surface area contributed by atoms with Crippen LogP contribution in [-0.4, -0.2) is 32.2 Å². The highest BCUT2D eigenvalue weighted by Gasteiger charge is 2.10. The van der Waals surface area contributed by atoms with Gasteiger partial charge in [-0.3, -0.25) is 24.9 Å². The summed E-state index contributed by atoms with van der Waals surface area (Å²) in [6.45, 7) is 0. The zero-order valence-electron chi connectivity index (χ0n) is 15.4. The number of pyridine rings is 1. The number of unbranched alkanes of at least 4 members (excludes halogenated alkanes) is 3. The summed E-state index contributed by atoms with van der Waals surface area (Å²) in [5, 5.41) is 19.3. The molecule has 0 unspecified atom stereocenters. The maximum Gasteiger partial charge on any atom is 0.243 e. The molecule has 0 bridgehead atoms. The molecule has 8 heteroatoms. The monoisotopic (exact) mass is 381 g/mol. The van der Waals surface area contributed by atoms with Crippen molar-refractivity contribution in [3.05, 3.63) is 42.7 Å². The molecule has 0 atom stereocenters. The molecule has 0 aliphatic heterocycles. The molecule has 28 heavy (non-hydrogen) atoms. The van der Waals surface area contributed by atoms with Crippen LogP contribution in [0.5, 0.6) is 0 Å². The minimum atomic E-state index is -0.379. The lowest BCUT2D eigenvalue weighted by Gasteiger charge is -2.04. The van der Waals surface area contributed by atoms with Crippen LogP contribution < -0.4 is 10.8 Å². The fourth-order valence-electron chi connectivity index (χ4n) is 3.01. The number of amides is 2. The summed E-state index contributed by atoms with van der Waals surface area (Å²) < 4.78 is 0. The number of aromatic amines is 1. The third-order valence-electron chi connectivity index (χ3n) is 4.52. The van der Waals surface area contributed by atoms with E-state index in [2.05, 4.69) is 20.5 Å². The fourth-order valence-corrected chi connectivity index (χ4v) is 3.01. The Morgan fingerprint density at radius 3 is 2.36 bits per heavy atom. The quantitative estimate of drug-likeness (QED) is 0.257. The second-order valence-electron chi connectivity index (χ2n) is 6.57. The van der Waals surface area contributed by atoms with Crippen LogP contribution in [-0.2, 0) is 9.59 Å². The van der Waals surface area contributed by atoms with Crippen molar-refractivity contribution in [2.24, 2.45) is 0 Å². The lowest BCUT2D eigenvalue weighted by molar-refractivity contribution is -0.129. The molecule has 0 aliphatic carbocycles. The number of fused-ring (bicyclic) bond motifs is 1. The van der Waals surface area contributed by atoms with Gasteiger partial charge in [0.2, 0.25) is 11.8 Å². The maximum atomic E-state index is 12.2. The summed E-state index contributed by atoms with van der Waals surface area (Å²) in [5.74, 6) is 0.0656. The third kappa shape index (κ3) is 5.14. The van der Waals surface area contributed by atoms with Crippen LogP contribution in [0.15, 0.2) is 42.7 Å². The first kappa shape index (κ1) is 19.5. The summed E-state index contributed by atoms with van der Waals surface area (Å²) in [6, 6.07) is 9.81. The summed E-state index contributed by atoms with van der Waals surface area (Å²) in [4.78, 5) is 27.1. The molecule has 3 rings (SSSR count). The van der Waals surface area contributed by atoms with E-state index in [1.165, 1.54) is 0 Å². The Balaban J connectivity index is 1.50. The Bertz CT molecular complexity index is 939. The number of hydrogen-bond donors (Lipinski definition) is 4. The number of nitrogens with one attached hydrogen (secondary N) is 3. The number of aromatic nitrogens is 3. The molecule has 2 amide bonds. The van der Waals surface area contributed by atoms with Crippen molar-refractivity contribution in [1.29, 1.82) is 0 Å². The fraction of sp³-hybridized carbons (Fsp3) is 0.300. The number of carbonyl (C=O) groups excluding carboxylic acids is 2. The highest BCUT2D eigenvalue weighted by Crippen LogP contribution is 2.26. The standard InChI is InChI=1S/C20H23N5O3/c26-18(5-3-1-2-4-6-19(27)25-28)22-20-16-8-7-15(13-17(16)23-24-20)14-9-11-21-12-10-14/h7-13,28H,1-6H2,(H,25,27)(H2,22,23,24,26). The SMILES string of the molecule is O=C(CCCCCCC(=O)Nc1n[nH]c2cc(-c3ccncc3)ccc12)NO. The number of H-pyrrole nitrogens is 1. The molecule has 0 radical (unpaired) electrons. The number of anilines is 1. The molecule has 2 aromatic heterocycles. The van der Waals surface area contributed by atoms with Crippen LogP contribution >= 0.6 is 0 Å². The van der Waals surface area contributed by atoms with E-state index in [1.54, 1.807) is 17.9 Å². The van der Waals surface area contributed by atoms with Gasteiger partial charge in [-0.25, -0.2) is 5.48 Å². The Labute approximate surface area is 162 Å². The van der Waals surface area contributed by atoms with Crippen LogP contribution in [0.3, 0.4) is 0 Å². The molecule has 0 spiro atoms. The van der Waals surface area contributed by atoms with Crippen LogP contribution in [0.2, 0.25) is 0 Å². The van der Waals surface area contributed by atoms with Crippen LogP contribution in [0, 0.1) is 0 Å². The number of rotatable bonds is 9. The van der Waals surface area contributed by atoms with Crippen LogP contribution in [0.4, 0.5) is 5.82 Å². The second-order valence-corrected chi connectivity index (χ2v) is 6.57. The smallest absolute Gasteiger partial charge is 0.243 e. The number of benzene rings is 1. The Kier molecular flexibility index (Phi) is 6.69. The summed E-state index contributed by atoms with van der Waals surface area (Å²) in [6.07, 6.45) is 7.31. The van der Waals surface area contributed by atoms with E-state index in [9.17, 15) is 9.59 Å². The zero-order chi connectivity index (χ0) is 19.8. The van der Waals surface area contributed by atoms with Gasteiger partial charge in [0.1, 0.15) is 0 Å². The predicted molar refractivity (Wildman–Crippen MR) is 106 cm³/mol. The minimum Gasteiger partial charge on any atom is -0.309 e. The molecule has 0 saturated heterocycles. The third-order valence-corrected chi connectivity index (χ3v) is 4.52. The van der Waals surface area contributed by atoms with Crippen molar-refractivity contribution >= 4 is 28.5 Å². The molecule has 0 fully saturated rings. The van der Waals surface area contributed by atoms with E-state index in [-0.39, 0.29) is 11.8 Å². The van der Waals surface area contributed by atoms with Gasteiger partial charge < -0.3 is 5.32 Å². The Morgan fingerprint density at radius 2 is 1.64 bits per heavy atom. The first-order chi connectivity index (χ1) is 13.7. The second kappa shape index (κ2) is 9.61. The normalized spacial score (nSPS) is 10.8. The van der Waals surface area contributed by atoms with Gasteiger partial charge in [-0.15, -0.1) is 0 Å². The van der Waals surface area contributed by atoms with Gasteiger partial charge in [0, 0.05) is 30.6 Å². The first-order valence-corrected chi connectivity index (χ1v) is 9.28. The first-order valence-electron chi connectivity index (χ1n) is 9.28. The van der Waals surface area contributed by atoms with Crippen LogP contribution in [0.1, 0.15) is 38.5 Å². The number of nitrogens with zero attached hydrogens (tertiary/aromatic N) is 2. The molecule has 0 saturated carbocycles. The van der Waals surface area contributed by atoms with Crippen molar-refractivity contribution in [1.82, 2.24) is 20.7 Å². The molecule has 8 nitrogen and oxygen atoms in total. The molecular formula is C20H23N5O3. The summed E-state index contributed by atoms with van der Waals surface area (Å²) in [5.41, 5.74) is 4.57. The van der Waals surface area contributed by atoms with Gasteiger partial charge in [-0.05, 0) is 48.2 Å². The Hall–Kier alpha value is -3.26. The molecule has 2 heterocycles. The number of hydrogen-bond acceptors (Lipinski definition) is 5. The highest BCUT2D eigenvalue weighted by molar-refractivity contribution is 6.00. The van der Waals surface area contributed by atoms with Gasteiger partial charge in [0.25, 0.3) is 0 Å². The van der Waals surface area contributed by atoms with E-state index in [1.807, 2.05) is 30.3 Å². The van der Waals surface area contributed by atoms with Crippen molar-refractivity contribution in [2.45, 2.75) is 38.5 Å². The topological polar surface area (TPSA) is 120 Å². The lowest BCUT2D eigenvalue weighted by Crippen LogP contribution is -2.17. The molecule has 3 aromatic rings. The lowest BCUT2D eigenvalue weighted by atomic mass is 10.1. The molecule has 146 valence electrons. The molecule has 0 aliphatic rings. The zero-order valence-corrected chi connectivity index (χ0v) is 15.4. The van der Waals surface area contributed by atoms with Crippen molar-refractivity contribution in [3.8, 4) is 11.1 Å². The van der Waals surface area contributed by atoms with Crippen molar-refractivity contribution in [2.75, 3.05) is 5.32 Å². The van der Waals surface area contributed by atoms with E-state index in [4.69, 9.17) is 5.21 Å². The number of carbonyl (C=O) groups is 2. The number of hydroxylamine groups is 1. The van der Waals surface area contributed by atoms with Gasteiger partial charge >= 0.3 is 0 Å². The molecule has 1 aromatic carbocycles. The largest absolute Gasteiger partial charge is 0.309 e.